The summed E-state index contributed by atoms with van der Waals surface area (Å²) in [7, 11) is 0. The van der Waals surface area contributed by atoms with Crippen LogP contribution in [0.4, 0.5) is 4.39 Å². The largest absolute Gasteiger partial charge is 0.330 e. The summed E-state index contributed by atoms with van der Waals surface area (Å²) in [4.78, 5) is 11.7. The molecule has 1 aromatic carbocycles. The molecule has 0 saturated carbocycles. The molecule has 0 aliphatic heterocycles. The highest BCUT2D eigenvalue weighted by Gasteiger charge is 2.07. The van der Waals surface area contributed by atoms with Crippen molar-refractivity contribution in [2.45, 2.75) is 39.0 Å². The first-order valence-corrected chi connectivity index (χ1v) is 6.10. The van der Waals surface area contributed by atoms with Crippen LogP contribution in [-0.4, -0.2) is 12.3 Å². The number of nitrogens with two attached hydrogens (primary N) is 1. The molecule has 2 nitrogen and oxygen atoms in total. The van der Waals surface area contributed by atoms with E-state index in [0.717, 1.165) is 30.4 Å². The van der Waals surface area contributed by atoms with Crippen LogP contribution in [0.15, 0.2) is 18.2 Å². The van der Waals surface area contributed by atoms with Gasteiger partial charge in [-0.05, 0) is 49.6 Å². The predicted octanol–water partition coefficient (Wildman–Crippen LogP) is 2.76. The first-order valence-electron chi connectivity index (χ1n) is 6.10. The Kier molecular flexibility index (Phi) is 5.84. The molecule has 0 atom stereocenters. The zero-order chi connectivity index (χ0) is 12.7. The van der Waals surface area contributed by atoms with Crippen molar-refractivity contribution < 1.29 is 9.18 Å². The Labute approximate surface area is 102 Å². The smallest absolute Gasteiger partial charge is 0.137 e. The van der Waals surface area contributed by atoms with E-state index in [-0.39, 0.29) is 11.6 Å². The van der Waals surface area contributed by atoms with Crippen molar-refractivity contribution in [1.29, 1.82) is 0 Å². The highest BCUT2D eigenvalue weighted by atomic mass is 19.1. The number of carbonyl (C=O) groups is 1. The lowest BCUT2D eigenvalue weighted by atomic mass is 10.0. The number of halogens is 1. The van der Waals surface area contributed by atoms with E-state index in [0.29, 0.717) is 19.4 Å². The predicted molar refractivity (Wildman–Crippen MR) is 67.4 cm³/mol. The molecular weight excluding hydrogens is 217 g/mol. The number of carbonyl (C=O) groups excluding carboxylic acids is 1. The molecule has 0 aliphatic carbocycles. The normalized spacial score (nSPS) is 10.5. The summed E-state index contributed by atoms with van der Waals surface area (Å²) >= 11 is 0. The van der Waals surface area contributed by atoms with Gasteiger partial charge in [-0.1, -0.05) is 12.5 Å². The van der Waals surface area contributed by atoms with Crippen molar-refractivity contribution in [3.8, 4) is 0 Å². The molecule has 17 heavy (non-hydrogen) atoms. The molecule has 0 saturated heterocycles. The zero-order valence-corrected chi connectivity index (χ0v) is 10.3. The lowest BCUT2D eigenvalue weighted by Crippen LogP contribution is -2.05. The maximum absolute atomic E-state index is 13.0. The van der Waals surface area contributed by atoms with Crippen LogP contribution in [0.5, 0.6) is 0 Å². The molecule has 0 heterocycles. The van der Waals surface area contributed by atoms with Crippen LogP contribution < -0.4 is 5.73 Å². The molecule has 0 fully saturated rings. The molecule has 0 amide bonds. The van der Waals surface area contributed by atoms with E-state index in [1.54, 1.807) is 6.07 Å². The SMILES string of the molecule is Cc1ccc(F)cc1CC(=O)CCCCCN. The van der Waals surface area contributed by atoms with E-state index in [2.05, 4.69) is 0 Å². The molecule has 3 heteroatoms. The number of ketones is 1. The minimum absolute atomic E-state index is 0.177. The summed E-state index contributed by atoms with van der Waals surface area (Å²) in [5.41, 5.74) is 7.15. The van der Waals surface area contributed by atoms with Crippen molar-refractivity contribution in [1.82, 2.24) is 0 Å². The quantitative estimate of drug-likeness (QED) is 0.741. The first-order chi connectivity index (χ1) is 8.13. The zero-order valence-electron chi connectivity index (χ0n) is 10.3. The minimum Gasteiger partial charge on any atom is -0.330 e. The molecule has 0 aromatic heterocycles. The lowest BCUT2D eigenvalue weighted by molar-refractivity contribution is -0.118. The van der Waals surface area contributed by atoms with E-state index in [1.165, 1.54) is 12.1 Å². The van der Waals surface area contributed by atoms with Crippen LogP contribution >= 0.6 is 0 Å². The van der Waals surface area contributed by atoms with E-state index in [9.17, 15) is 9.18 Å². The van der Waals surface area contributed by atoms with Crippen molar-refractivity contribution in [2.24, 2.45) is 5.73 Å². The average Bonchev–Trinajstić information content (AvgIpc) is 2.29. The molecule has 0 bridgehead atoms. The second kappa shape index (κ2) is 7.17. The van der Waals surface area contributed by atoms with Gasteiger partial charge in [-0.25, -0.2) is 4.39 Å². The monoisotopic (exact) mass is 237 g/mol. The third kappa shape index (κ3) is 5.09. The first kappa shape index (κ1) is 13.8. The fourth-order valence-corrected chi connectivity index (χ4v) is 1.77. The molecule has 0 aliphatic rings. The van der Waals surface area contributed by atoms with Crippen molar-refractivity contribution in [3.05, 3.63) is 35.1 Å². The molecule has 94 valence electrons. The average molecular weight is 237 g/mol. The number of Topliss-reactive ketones (excluding diaryl/α,β-unsaturated/α-hetero) is 1. The topological polar surface area (TPSA) is 43.1 Å². The van der Waals surface area contributed by atoms with Gasteiger partial charge in [-0.3, -0.25) is 4.79 Å². The molecule has 2 N–H and O–H groups in total. The standard InChI is InChI=1S/C14H20FNO/c1-11-6-7-13(15)9-12(11)10-14(17)5-3-2-4-8-16/h6-7,9H,2-5,8,10,16H2,1H3. The fraction of sp³-hybridized carbons (Fsp3) is 0.500. The summed E-state index contributed by atoms with van der Waals surface area (Å²) in [6.45, 7) is 2.58. The van der Waals surface area contributed by atoms with Gasteiger partial charge in [-0.2, -0.15) is 0 Å². The van der Waals surface area contributed by atoms with Gasteiger partial charge >= 0.3 is 0 Å². The lowest BCUT2D eigenvalue weighted by Gasteiger charge is -2.05. The summed E-state index contributed by atoms with van der Waals surface area (Å²) < 4.78 is 13.0. The number of aryl methyl sites for hydroxylation is 1. The molecule has 0 radical (unpaired) electrons. The number of unbranched alkanes of at least 4 members (excludes halogenated alkanes) is 2. The second-order valence-electron chi connectivity index (χ2n) is 4.39. The summed E-state index contributed by atoms with van der Waals surface area (Å²) in [5.74, 6) is -0.0998. The van der Waals surface area contributed by atoms with E-state index in [1.807, 2.05) is 6.92 Å². The molecule has 1 rings (SSSR count). The number of rotatable bonds is 7. The highest BCUT2D eigenvalue weighted by Crippen LogP contribution is 2.12. The fourth-order valence-electron chi connectivity index (χ4n) is 1.77. The summed E-state index contributed by atoms with van der Waals surface area (Å²) in [6.07, 6.45) is 3.74. The second-order valence-corrected chi connectivity index (χ2v) is 4.39. The maximum atomic E-state index is 13.0. The van der Waals surface area contributed by atoms with Gasteiger partial charge in [0.05, 0.1) is 0 Å². The van der Waals surface area contributed by atoms with Crippen LogP contribution in [0.1, 0.15) is 36.8 Å². The molecule has 0 unspecified atom stereocenters. The van der Waals surface area contributed by atoms with Crippen LogP contribution in [0.3, 0.4) is 0 Å². The van der Waals surface area contributed by atoms with Crippen LogP contribution in [0, 0.1) is 12.7 Å². The van der Waals surface area contributed by atoms with Crippen LogP contribution in [0.2, 0.25) is 0 Å². The highest BCUT2D eigenvalue weighted by molar-refractivity contribution is 5.81. The van der Waals surface area contributed by atoms with Gasteiger partial charge in [0.15, 0.2) is 0 Å². The van der Waals surface area contributed by atoms with Gasteiger partial charge in [0, 0.05) is 12.8 Å². The minimum atomic E-state index is -0.276. The third-order valence-electron chi connectivity index (χ3n) is 2.86. The number of hydrogen-bond donors (Lipinski definition) is 1. The molecule has 0 spiro atoms. The van der Waals surface area contributed by atoms with Crippen molar-refractivity contribution >= 4 is 5.78 Å². The Morgan fingerprint density at radius 1 is 1.29 bits per heavy atom. The Balaban J connectivity index is 2.42. The number of benzene rings is 1. The van der Waals surface area contributed by atoms with Crippen molar-refractivity contribution in [3.63, 3.8) is 0 Å². The van der Waals surface area contributed by atoms with Gasteiger partial charge in [0.25, 0.3) is 0 Å². The van der Waals surface area contributed by atoms with E-state index >= 15 is 0 Å². The van der Waals surface area contributed by atoms with Gasteiger partial charge in [-0.15, -0.1) is 0 Å². The third-order valence-corrected chi connectivity index (χ3v) is 2.86. The van der Waals surface area contributed by atoms with Crippen LogP contribution in [0.25, 0.3) is 0 Å². The van der Waals surface area contributed by atoms with Gasteiger partial charge in [0.1, 0.15) is 11.6 Å². The van der Waals surface area contributed by atoms with Crippen molar-refractivity contribution in [2.75, 3.05) is 6.54 Å². The summed E-state index contributed by atoms with van der Waals surface area (Å²) in [6, 6.07) is 4.59. The molecular formula is C14H20FNO. The van der Waals surface area contributed by atoms with E-state index in [4.69, 9.17) is 5.73 Å². The van der Waals surface area contributed by atoms with Crippen LogP contribution in [-0.2, 0) is 11.2 Å². The maximum Gasteiger partial charge on any atom is 0.137 e. The Bertz CT molecular complexity index is 376. The van der Waals surface area contributed by atoms with Gasteiger partial charge in [0.2, 0.25) is 0 Å². The Morgan fingerprint density at radius 2 is 2.06 bits per heavy atom. The number of hydrogen-bond acceptors (Lipinski definition) is 2. The Hall–Kier alpha value is -1.22. The molecule has 1 aromatic rings. The summed E-state index contributed by atoms with van der Waals surface area (Å²) in [5, 5.41) is 0. The van der Waals surface area contributed by atoms with Gasteiger partial charge < -0.3 is 5.73 Å². The van der Waals surface area contributed by atoms with E-state index < -0.39 is 0 Å². The Morgan fingerprint density at radius 3 is 2.76 bits per heavy atom.